The van der Waals surface area contributed by atoms with Gasteiger partial charge in [-0.2, -0.15) is 5.10 Å². The van der Waals surface area contributed by atoms with E-state index in [0.29, 0.717) is 12.1 Å². The van der Waals surface area contributed by atoms with Crippen LogP contribution in [0.15, 0.2) is 64.6 Å². The molecule has 1 aliphatic heterocycles. The maximum absolute atomic E-state index is 11.5. The molecule has 0 fully saturated rings. The highest BCUT2D eigenvalue weighted by molar-refractivity contribution is 7.89. The van der Waals surface area contributed by atoms with Crippen LogP contribution < -0.4 is 15.9 Å². The van der Waals surface area contributed by atoms with Crippen molar-refractivity contribution in [3.05, 3.63) is 60.2 Å². The van der Waals surface area contributed by atoms with Gasteiger partial charge in [-0.3, -0.25) is 9.80 Å². The molecule has 3 rings (SSSR count). The van der Waals surface area contributed by atoms with Crippen LogP contribution in [0.5, 0.6) is 0 Å². The lowest BCUT2D eigenvalue weighted by atomic mass is 10.0. The van der Waals surface area contributed by atoms with Crippen molar-refractivity contribution in [2.45, 2.75) is 17.4 Å². The summed E-state index contributed by atoms with van der Waals surface area (Å²) in [6, 6.07) is 15.4. The van der Waals surface area contributed by atoms with Gasteiger partial charge >= 0.3 is 0 Å². The van der Waals surface area contributed by atoms with Crippen molar-refractivity contribution in [3.8, 4) is 0 Å². The number of anilines is 1. The first kappa shape index (κ1) is 16.2. The third kappa shape index (κ3) is 3.15. The third-order valence-corrected chi connectivity index (χ3v) is 4.74. The van der Waals surface area contributed by atoms with Crippen LogP contribution in [-0.2, 0) is 14.8 Å². The number of benzene rings is 2. The SMILES string of the molecule is NC(=O)C1=NN(c2ccc(S(N)(=O)=O)cc2)C(c2ccccc2)C1. The number of carbonyl (C=O) groups is 1. The Labute approximate surface area is 139 Å². The predicted molar refractivity (Wildman–Crippen MR) is 90.7 cm³/mol. The minimum absolute atomic E-state index is 0.0146. The van der Waals surface area contributed by atoms with Gasteiger partial charge in [0.05, 0.1) is 16.6 Å². The summed E-state index contributed by atoms with van der Waals surface area (Å²) >= 11 is 0. The largest absolute Gasteiger partial charge is 0.364 e. The lowest BCUT2D eigenvalue weighted by molar-refractivity contribution is -0.112. The van der Waals surface area contributed by atoms with Crippen LogP contribution >= 0.6 is 0 Å². The minimum Gasteiger partial charge on any atom is -0.364 e. The zero-order valence-electron chi connectivity index (χ0n) is 12.7. The van der Waals surface area contributed by atoms with E-state index in [0.717, 1.165) is 5.56 Å². The first-order valence-electron chi connectivity index (χ1n) is 7.20. The predicted octanol–water partition coefficient (Wildman–Crippen LogP) is 1.13. The molecular formula is C16H16N4O3S. The molecule has 1 heterocycles. The molecule has 1 atom stereocenters. The van der Waals surface area contributed by atoms with Gasteiger partial charge < -0.3 is 5.73 Å². The standard InChI is InChI=1S/C16H16N4O3S/c17-16(21)14-10-15(11-4-2-1-3-5-11)20(19-14)12-6-8-13(9-7-12)24(18,22)23/h1-9,15H,10H2,(H2,17,21)(H2,18,22,23). The number of hydrogen-bond donors (Lipinski definition) is 2. The van der Waals surface area contributed by atoms with Gasteiger partial charge in [0.1, 0.15) is 5.71 Å². The highest BCUT2D eigenvalue weighted by Gasteiger charge is 2.31. The van der Waals surface area contributed by atoms with Crippen LogP contribution in [0.3, 0.4) is 0 Å². The van der Waals surface area contributed by atoms with E-state index in [2.05, 4.69) is 5.10 Å². The van der Waals surface area contributed by atoms with E-state index in [1.165, 1.54) is 12.1 Å². The summed E-state index contributed by atoms with van der Waals surface area (Å²) in [5.74, 6) is -0.570. The second-order valence-electron chi connectivity index (χ2n) is 5.43. The van der Waals surface area contributed by atoms with Crippen molar-refractivity contribution in [1.29, 1.82) is 0 Å². The first-order chi connectivity index (χ1) is 11.4. The van der Waals surface area contributed by atoms with Gasteiger partial charge in [-0.15, -0.1) is 0 Å². The number of primary sulfonamides is 1. The second-order valence-corrected chi connectivity index (χ2v) is 6.99. The van der Waals surface area contributed by atoms with Crippen molar-refractivity contribution in [2.75, 3.05) is 5.01 Å². The first-order valence-corrected chi connectivity index (χ1v) is 8.75. The minimum atomic E-state index is -3.76. The van der Waals surface area contributed by atoms with Gasteiger partial charge in [0, 0.05) is 6.42 Å². The molecule has 7 nitrogen and oxygen atoms in total. The Bertz CT molecular complexity index is 893. The Kier molecular flexibility index (Phi) is 4.08. The normalized spacial score (nSPS) is 17.6. The number of hydrogen-bond acceptors (Lipinski definition) is 5. The molecule has 4 N–H and O–H groups in total. The van der Waals surface area contributed by atoms with Crippen LogP contribution in [0, 0.1) is 0 Å². The molecule has 1 amide bonds. The van der Waals surface area contributed by atoms with Crippen LogP contribution in [0.4, 0.5) is 5.69 Å². The summed E-state index contributed by atoms with van der Waals surface area (Å²) < 4.78 is 22.7. The molecule has 0 aliphatic carbocycles. The molecule has 8 heteroatoms. The summed E-state index contributed by atoms with van der Waals surface area (Å²) in [5, 5.41) is 11.1. The van der Waals surface area contributed by atoms with E-state index >= 15 is 0 Å². The number of nitrogens with two attached hydrogens (primary N) is 2. The fraction of sp³-hybridized carbons (Fsp3) is 0.125. The molecule has 0 bridgehead atoms. The van der Waals surface area contributed by atoms with Crippen molar-refractivity contribution in [2.24, 2.45) is 16.0 Å². The van der Waals surface area contributed by atoms with E-state index in [-0.39, 0.29) is 16.6 Å². The van der Waals surface area contributed by atoms with Crippen molar-refractivity contribution < 1.29 is 13.2 Å². The molecule has 1 aliphatic rings. The van der Waals surface area contributed by atoms with Gasteiger partial charge in [-0.25, -0.2) is 13.6 Å². The number of nitrogens with zero attached hydrogens (tertiary/aromatic N) is 2. The van der Waals surface area contributed by atoms with Crippen molar-refractivity contribution >= 4 is 27.3 Å². The number of carbonyl (C=O) groups excluding carboxylic acids is 1. The lowest BCUT2D eigenvalue weighted by Gasteiger charge is -2.24. The molecular weight excluding hydrogens is 328 g/mol. The van der Waals surface area contributed by atoms with Gasteiger partial charge in [-0.05, 0) is 29.8 Å². The van der Waals surface area contributed by atoms with E-state index in [1.807, 2.05) is 30.3 Å². The molecule has 0 saturated heterocycles. The fourth-order valence-corrected chi connectivity index (χ4v) is 3.14. The van der Waals surface area contributed by atoms with Crippen LogP contribution in [-0.4, -0.2) is 20.0 Å². The van der Waals surface area contributed by atoms with E-state index in [9.17, 15) is 13.2 Å². The maximum atomic E-state index is 11.5. The molecule has 0 aromatic heterocycles. The van der Waals surface area contributed by atoms with Crippen molar-refractivity contribution in [3.63, 3.8) is 0 Å². The highest BCUT2D eigenvalue weighted by atomic mass is 32.2. The summed E-state index contributed by atoms with van der Waals surface area (Å²) in [5.41, 5.74) is 7.27. The van der Waals surface area contributed by atoms with Gasteiger partial charge in [0.2, 0.25) is 10.0 Å². The average Bonchev–Trinajstić information content (AvgIpc) is 3.00. The van der Waals surface area contributed by atoms with E-state index in [1.54, 1.807) is 17.1 Å². The number of primary amides is 1. The lowest BCUT2D eigenvalue weighted by Crippen LogP contribution is -2.22. The number of sulfonamides is 1. The highest BCUT2D eigenvalue weighted by Crippen LogP contribution is 2.35. The number of rotatable bonds is 4. The molecule has 1 unspecified atom stereocenters. The van der Waals surface area contributed by atoms with E-state index < -0.39 is 15.9 Å². The van der Waals surface area contributed by atoms with Gasteiger partial charge in [0.15, 0.2) is 0 Å². The van der Waals surface area contributed by atoms with Crippen LogP contribution in [0.25, 0.3) is 0 Å². The average molecular weight is 344 g/mol. The molecule has 0 spiro atoms. The Morgan fingerprint density at radius 2 is 1.71 bits per heavy atom. The Morgan fingerprint density at radius 3 is 2.25 bits per heavy atom. The topological polar surface area (TPSA) is 119 Å². The Balaban J connectivity index is 2.00. The molecule has 2 aromatic carbocycles. The molecule has 0 saturated carbocycles. The maximum Gasteiger partial charge on any atom is 0.265 e. The number of hydrazone groups is 1. The fourth-order valence-electron chi connectivity index (χ4n) is 2.62. The Hall–Kier alpha value is -2.71. The second kappa shape index (κ2) is 6.06. The van der Waals surface area contributed by atoms with Crippen LogP contribution in [0.1, 0.15) is 18.0 Å². The Morgan fingerprint density at radius 1 is 1.08 bits per heavy atom. The monoisotopic (exact) mass is 344 g/mol. The van der Waals surface area contributed by atoms with Crippen LogP contribution in [0.2, 0.25) is 0 Å². The third-order valence-electron chi connectivity index (χ3n) is 3.81. The van der Waals surface area contributed by atoms with E-state index in [4.69, 9.17) is 10.9 Å². The smallest absolute Gasteiger partial charge is 0.265 e. The quantitative estimate of drug-likeness (QED) is 0.864. The van der Waals surface area contributed by atoms with Gasteiger partial charge in [0.25, 0.3) is 5.91 Å². The summed E-state index contributed by atoms with van der Waals surface area (Å²) in [4.78, 5) is 11.5. The molecule has 124 valence electrons. The zero-order valence-corrected chi connectivity index (χ0v) is 13.5. The summed E-state index contributed by atoms with van der Waals surface area (Å²) in [6.45, 7) is 0. The zero-order chi connectivity index (χ0) is 17.3. The molecule has 24 heavy (non-hydrogen) atoms. The van der Waals surface area contributed by atoms with Crippen molar-refractivity contribution in [1.82, 2.24) is 0 Å². The van der Waals surface area contributed by atoms with Gasteiger partial charge in [-0.1, -0.05) is 30.3 Å². The number of amides is 1. The molecule has 2 aromatic rings. The molecule has 0 radical (unpaired) electrons. The summed E-state index contributed by atoms with van der Waals surface area (Å²) in [7, 11) is -3.76. The summed E-state index contributed by atoms with van der Waals surface area (Å²) in [6.07, 6.45) is 0.385.